The second-order valence-electron chi connectivity index (χ2n) is 4.86. The highest BCUT2D eigenvalue weighted by atomic mass is 15.4. The summed E-state index contributed by atoms with van der Waals surface area (Å²) in [4.78, 5) is 17.0. The van der Waals surface area contributed by atoms with Crippen molar-refractivity contribution in [2.75, 3.05) is 10.7 Å². The van der Waals surface area contributed by atoms with Crippen molar-refractivity contribution in [2.24, 2.45) is 5.84 Å². The molecular weight excluding hydrogens is 268 g/mol. The first kappa shape index (κ1) is 15.2. The Hall–Kier alpha value is -2.22. The van der Waals surface area contributed by atoms with E-state index in [9.17, 15) is 0 Å². The van der Waals surface area contributed by atoms with E-state index in [2.05, 4.69) is 51.4 Å². The third-order valence-electron chi connectivity index (χ3n) is 3.90. The van der Waals surface area contributed by atoms with Gasteiger partial charge in [0.25, 0.3) is 0 Å². The normalized spacial score (nSPS) is 11.4. The van der Waals surface area contributed by atoms with Crippen molar-refractivity contribution >= 4 is 11.9 Å². The number of nitrogens with zero attached hydrogens (tertiary/aromatic N) is 5. The third kappa shape index (κ3) is 3.27. The Morgan fingerprint density at radius 2 is 1.76 bits per heavy atom. The van der Waals surface area contributed by atoms with Crippen LogP contribution in [0.5, 0.6) is 0 Å². The summed E-state index contributed by atoms with van der Waals surface area (Å²) in [6.45, 7) is 6.46. The van der Waals surface area contributed by atoms with Gasteiger partial charge in [-0.25, -0.2) is 10.8 Å². The van der Waals surface area contributed by atoms with Crippen molar-refractivity contribution in [3.63, 3.8) is 0 Å². The molecule has 4 N–H and O–H groups in total. The van der Waals surface area contributed by atoms with Crippen molar-refractivity contribution < 1.29 is 0 Å². The van der Waals surface area contributed by atoms with Crippen molar-refractivity contribution in [2.45, 2.75) is 45.6 Å². The van der Waals surface area contributed by atoms with Gasteiger partial charge in [-0.2, -0.15) is 15.0 Å². The largest absolute Gasteiger partial charge is 0.349 e. The SMILES string of the molecule is CCC(CC)(CC)Nc1nc(NN)nc(-n2ccnc2)n1. The molecule has 0 atom stereocenters. The smallest absolute Gasteiger partial charge is 0.243 e. The van der Waals surface area contributed by atoms with Gasteiger partial charge in [0.05, 0.1) is 0 Å². The van der Waals surface area contributed by atoms with Crippen molar-refractivity contribution in [3.05, 3.63) is 18.7 Å². The Labute approximate surface area is 124 Å². The van der Waals surface area contributed by atoms with Gasteiger partial charge in [-0.1, -0.05) is 20.8 Å². The number of rotatable bonds is 7. The van der Waals surface area contributed by atoms with Crippen molar-refractivity contribution in [1.29, 1.82) is 0 Å². The second kappa shape index (κ2) is 6.49. The van der Waals surface area contributed by atoms with E-state index in [1.54, 1.807) is 23.3 Å². The van der Waals surface area contributed by atoms with Gasteiger partial charge < -0.3 is 5.32 Å². The predicted molar refractivity (Wildman–Crippen MR) is 82.0 cm³/mol. The summed E-state index contributed by atoms with van der Waals surface area (Å²) in [5.74, 6) is 6.73. The highest BCUT2D eigenvalue weighted by Gasteiger charge is 2.25. The molecule has 0 aromatic carbocycles. The Kier molecular flexibility index (Phi) is 4.69. The molecule has 0 aliphatic heterocycles. The van der Waals surface area contributed by atoms with Crippen molar-refractivity contribution in [1.82, 2.24) is 24.5 Å². The molecule has 8 nitrogen and oxygen atoms in total. The third-order valence-corrected chi connectivity index (χ3v) is 3.90. The molecule has 21 heavy (non-hydrogen) atoms. The summed E-state index contributed by atoms with van der Waals surface area (Å²) in [6, 6.07) is 0. The number of hydrogen-bond donors (Lipinski definition) is 3. The average Bonchev–Trinajstić information content (AvgIpc) is 3.07. The summed E-state index contributed by atoms with van der Waals surface area (Å²) in [5.41, 5.74) is 2.45. The lowest BCUT2D eigenvalue weighted by atomic mass is 9.90. The molecule has 0 aliphatic rings. The summed E-state index contributed by atoms with van der Waals surface area (Å²) in [6.07, 6.45) is 8.02. The van der Waals surface area contributed by atoms with E-state index in [4.69, 9.17) is 5.84 Å². The van der Waals surface area contributed by atoms with Crippen LogP contribution in [0.3, 0.4) is 0 Å². The van der Waals surface area contributed by atoms with Gasteiger partial charge in [-0.15, -0.1) is 0 Å². The molecular formula is C13H22N8. The minimum Gasteiger partial charge on any atom is -0.349 e. The van der Waals surface area contributed by atoms with E-state index in [-0.39, 0.29) is 5.54 Å². The van der Waals surface area contributed by atoms with Crippen LogP contribution in [0.1, 0.15) is 40.0 Å². The Morgan fingerprint density at radius 1 is 1.10 bits per heavy atom. The number of aromatic nitrogens is 5. The lowest BCUT2D eigenvalue weighted by molar-refractivity contribution is 0.417. The lowest BCUT2D eigenvalue weighted by Crippen LogP contribution is -2.37. The summed E-state index contributed by atoms with van der Waals surface area (Å²) >= 11 is 0. The predicted octanol–water partition coefficient (Wildman–Crippen LogP) is 1.72. The highest BCUT2D eigenvalue weighted by Crippen LogP contribution is 2.24. The number of hydrazine groups is 1. The minimum atomic E-state index is -0.0283. The van der Waals surface area contributed by atoms with Gasteiger partial charge in [0, 0.05) is 17.9 Å². The van der Waals surface area contributed by atoms with E-state index in [1.165, 1.54) is 0 Å². The van der Waals surface area contributed by atoms with Gasteiger partial charge in [0.2, 0.25) is 17.8 Å². The fourth-order valence-corrected chi connectivity index (χ4v) is 2.23. The quantitative estimate of drug-likeness (QED) is 0.526. The van der Waals surface area contributed by atoms with Gasteiger partial charge in [0.1, 0.15) is 6.33 Å². The van der Waals surface area contributed by atoms with Gasteiger partial charge >= 0.3 is 0 Å². The molecule has 2 aromatic heterocycles. The van der Waals surface area contributed by atoms with E-state index < -0.39 is 0 Å². The monoisotopic (exact) mass is 290 g/mol. The molecule has 0 fully saturated rings. The molecule has 8 heteroatoms. The molecule has 0 spiro atoms. The fourth-order valence-electron chi connectivity index (χ4n) is 2.23. The maximum Gasteiger partial charge on any atom is 0.243 e. The van der Waals surface area contributed by atoms with Crippen molar-refractivity contribution in [3.8, 4) is 5.95 Å². The molecule has 0 saturated heterocycles. The minimum absolute atomic E-state index is 0.0283. The first-order chi connectivity index (χ1) is 10.2. The zero-order chi connectivity index (χ0) is 15.3. The first-order valence-corrected chi connectivity index (χ1v) is 7.15. The molecule has 2 rings (SSSR count). The van der Waals surface area contributed by atoms with Crippen LogP contribution in [0.25, 0.3) is 5.95 Å². The number of imidazole rings is 1. The van der Waals surface area contributed by atoms with Crippen LogP contribution in [0.2, 0.25) is 0 Å². The molecule has 0 radical (unpaired) electrons. The summed E-state index contributed by atoms with van der Waals surface area (Å²) in [7, 11) is 0. The molecule has 2 heterocycles. The Morgan fingerprint density at radius 3 is 2.29 bits per heavy atom. The molecule has 0 aliphatic carbocycles. The average molecular weight is 290 g/mol. The van der Waals surface area contributed by atoms with E-state index in [1.807, 2.05) is 0 Å². The molecule has 114 valence electrons. The Balaban J connectivity index is 2.37. The van der Waals surface area contributed by atoms with Crippen LogP contribution in [-0.4, -0.2) is 30.0 Å². The lowest BCUT2D eigenvalue weighted by Gasteiger charge is -2.31. The maximum absolute atomic E-state index is 5.45. The van der Waals surface area contributed by atoms with Crippen LogP contribution in [-0.2, 0) is 0 Å². The number of hydrogen-bond acceptors (Lipinski definition) is 7. The molecule has 2 aromatic rings. The van der Waals surface area contributed by atoms with Crippen LogP contribution >= 0.6 is 0 Å². The van der Waals surface area contributed by atoms with Gasteiger partial charge in [-0.3, -0.25) is 9.99 Å². The highest BCUT2D eigenvalue weighted by molar-refractivity contribution is 5.39. The van der Waals surface area contributed by atoms with Gasteiger partial charge in [-0.05, 0) is 19.3 Å². The molecule has 0 saturated carbocycles. The zero-order valence-electron chi connectivity index (χ0n) is 12.7. The van der Waals surface area contributed by atoms with E-state index in [0.717, 1.165) is 19.3 Å². The number of anilines is 2. The van der Waals surface area contributed by atoms with Crippen LogP contribution in [0.15, 0.2) is 18.7 Å². The van der Waals surface area contributed by atoms with Crippen LogP contribution in [0, 0.1) is 0 Å². The summed E-state index contributed by atoms with van der Waals surface area (Å²) < 4.78 is 1.71. The topological polar surface area (TPSA) is 107 Å². The van der Waals surface area contributed by atoms with Crippen LogP contribution in [0.4, 0.5) is 11.9 Å². The number of nitrogens with one attached hydrogen (secondary N) is 2. The second-order valence-corrected chi connectivity index (χ2v) is 4.86. The number of nitrogen functional groups attached to an aromatic ring is 1. The number of nitrogens with two attached hydrogens (primary N) is 1. The van der Waals surface area contributed by atoms with E-state index in [0.29, 0.717) is 17.8 Å². The Bertz CT molecular complexity index is 553. The van der Waals surface area contributed by atoms with Crippen LogP contribution < -0.4 is 16.6 Å². The fraction of sp³-hybridized carbons (Fsp3) is 0.538. The standard InChI is InChI=1S/C13H22N8/c1-4-13(5-2,6-3)19-10-16-11(20-14)18-12(17-10)21-8-7-15-9-21/h7-9H,4-6,14H2,1-3H3,(H2,16,17,18,19,20). The van der Waals surface area contributed by atoms with Gasteiger partial charge in [0.15, 0.2) is 0 Å². The molecule has 0 amide bonds. The first-order valence-electron chi connectivity index (χ1n) is 7.15. The summed E-state index contributed by atoms with van der Waals surface area (Å²) in [5, 5.41) is 3.43. The maximum atomic E-state index is 5.45. The molecule has 0 bridgehead atoms. The zero-order valence-corrected chi connectivity index (χ0v) is 12.7. The van der Waals surface area contributed by atoms with E-state index >= 15 is 0 Å². The molecule has 0 unspecified atom stereocenters.